The van der Waals surface area contributed by atoms with Gasteiger partial charge in [-0.2, -0.15) is 26.3 Å². The lowest BCUT2D eigenvalue weighted by Gasteiger charge is -2.56. The quantitative estimate of drug-likeness (QED) is 0.285. The number of nitrogens with one attached hydrogen (secondary N) is 2. The van der Waals surface area contributed by atoms with Gasteiger partial charge < -0.3 is 20.8 Å². The molecule has 11 heteroatoms. The van der Waals surface area contributed by atoms with Crippen molar-refractivity contribution in [2.45, 2.75) is 62.3 Å². The third-order valence-electron chi connectivity index (χ3n) is 7.50. The normalized spacial score (nSPS) is 25.1. The highest BCUT2D eigenvalue weighted by Crippen LogP contribution is 2.55. The molecule has 3 atom stereocenters. The number of benzene rings is 2. The van der Waals surface area contributed by atoms with Gasteiger partial charge in [0.05, 0.1) is 16.9 Å². The molecule has 2 aliphatic carbocycles. The number of piperidine rings is 1. The molecule has 3 aliphatic rings. The molecule has 2 aromatic rings. The summed E-state index contributed by atoms with van der Waals surface area (Å²) in [6.45, 7) is 0.986. The number of carbonyl (C=O) groups is 1. The Morgan fingerprint density at radius 2 is 1.72 bits per heavy atom. The third-order valence-corrected chi connectivity index (χ3v) is 7.50. The summed E-state index contributed by atoms with van der Waals surface area (Å²) in [5, 5.41) is 24.4. The SMILES string of the molecule is O=C(O)C(F)(F)F.Oc1cc2c(cc1Nc1ccccc1C(F)(F)F)C[C@@H]1NCC[C@]23CCCC[C@H]13. The number of phenols is 1. The lowest BCUT2D eigenvalue weighted by Crippen LogP contribution is -2.59. The van der Waals surface area contributed by atoms with Crippen LogP contribution in [0.5, 0.6) is 5.75 Å². The number of anilines is 2. The first-order chi connectivity index (χ1) is 16.8. The molecular formula is C25H26F6N2O3. The summed E-state index contributed by atoms with van der Waals surface area (Å²) in [7, 11) is 0. The molecular weight excluding hydrogens is 490 g/mol. The number of rotatable bonds is 2. The molecule has 2 fully saturated rings. The first-order valence-electron chi connectivity index (χ1n) is 11.7. The number of aromatic hydroxyl groups is 1. The van der Waals surface area contributed by atoms with Crippen LogP contribution in [0.1, 0.15) is 48.8 Å². The van der Waals surface area contributed by atoms with Gasteiger partial charge >= 0.3 is 18.3 Å². The Morgan fingerprint density at radius 3 is 2.39 bits per heavy atom. The predicted octanol–water partition coefficient (Wildman–Crippen LogP) is 6.13. The Bertz CT molecular complexity index is 1130. The second-order valence-corrected chi connectivity index (χ2v) is 9.52. The van der Waals surface area contributed by atoms with Gasteiger partial charge in [0.25, 0.3) is 0 Å². The molecule has 0 unspecified atom stereocenters. The van der Waals surface area contributed by atoms with Gasteiger partial charge in [-0.15, -0.1) is 0 Å². The fourth-order valence-electron chi connectivity index (χ4n) is 6.06. The van der Waals surface area contributed by atoms with E-state index in [0.717, 1.165) is 37.4 Å². The van der Waals surface area contributed by atoms with Crippen LogP contribution in [0.25, 0.3) is 0 Å². The number of halogens is 6. The van der Waals surface area contributed by atoms with Gasteiger partial charge in [-0.05, 0) is 73.5 Å². The number of para-hydroxylation sites is 1. The highest BCUT2D eigenvalue weighted by Gasteiger charge is 2.51. The summed E-state index contributed by atoms with van der Waals surface area (Å²) in [6, 6.07) is 9.49. The van der Waals surface area contributed by atoms with Crippen molar-refractivity contribution in [2.75, 3.05) is 11.9 Å². The molecule has 2 bridgehead atoms. The second-order valence-electron chi connectivity index (χ2n) is 9.52. The van der Waals surface area contributed by atoms with Crippen LogP contribution in [-0.4, -0.2) is 34.9 Å². The Morgan fingerprint density at radius 1 is 1.03 bits per heavy atom. The summed E-state index contributed by atoms with van der Waals surface area (Å²) in [6.07, 6.45) is -2.84. The Kier molecular flexibility index (Phi) is 6.89. The molecule has 36 heavy (non-hydrogen) atoms. The van der Waals surface area contributed by atoms with Crippen LogP contribution >= 0.6 is 0 Å². The average molecular weight is 516 g/mol. The Hall–Kier alpha value is -2.95. The van der Waals surface area contributed by atoms with Crippen molar-refractivity contribution in [3.63, 3.8) is 0 Å². The van der Waals surface area contributed by atoms with Crippen LogP contribution in [0, 0.1) is 5.92 Å². The number of carboxylic acids is 1. The average Bonchev–Trinajstić information content (AvgIpc) is 2.80. The number of fused-ring (bicyclic) bond motifs is 1. The molecule has 0 radical (unpaired) electrons. The fourth-order valence-corrected chi connectivity index (χ4v) is 6.06. The van der Waals surface area contributed by atoms with Crippen molar-refractivity contribution < 1.29 is 41.4 Å². The van der Waals surface area contributed by atoms with E-state index in [4.69, 9.17) is 9.90 Å². The first kappa shape index (κ1) is 26.1. The molecule has 5 rings (SSSR count). The zero-order valence-corrected chi connectivity index (χ0v) is 19.1. The number of carboxylic acid groups (broad SMARTS) is 1. The van der Waals surface area contributed by atoms with Gasteiger partial charge in [-0.25, -0.2) is 4.79 Å². The van der Waals surface area contributed by atoms with Crippen molar-refractivity contribution >= 4 is 17.3 Å². The minimum Gasteiger partial charge on any atom is -0.506 e. The van der Waals surface area contributed by atoms with Crippen LogP contribution in [0.3, 0.4) is 0 Å². The number of alkyl halides is 6. The summed E-state index contributed by atoms with van der Waals surface area (Å²) in [5.41, 5.74) is 2.02. The van der Waals surface area contributed by atoms with Gasteiger partial charge in [0.15, 0.2) is 0 Å². The van der Waals surface area contributed by atoms with Crippen LogP contribution in [0.2, 0.25) is 0 Å². The lowest BCUT2D eigenvalue weighted by molar-refractivity contribution is -0.192. The van der Waals surface area contributed by atoms with E-state index in [9.17, 15) is 31.4 Å². The largest absolute Gasteiger partial charge is 0.506 e. The molecule has 0 amide bonds. The van der Waals surface area contributed by atoms with Gasteiger partial charge in [0.2, 0.25) is 0 Å². The van der Waals surface area contributed by atoms with Crippen molar-refractivity contribution in [3.05, 3.63) is 53.1 Å². The molecule has 2 aromatic carbocycles. The maximum atomic E-state index is 13.4. The number of hydrogen-bond donors (Lipinski definition) is 4. The van der Waals surface area contributed by atoms with Gasteiger partial charge in [0.1, 0.15) is 5.75 Å². The summed E-state index contributed by atoms with van der Waals surface area (Å²) < 4.78 is 71.8. The van der Waals surface area contributed by atoms with Crippen molar-refractivity contribution in [3.8, 4) is 5.75 Å². The fraction of sp³-hybridized carbons (Fsp3) is 0.480. The van der Waals surface area contributed by atoms with E-state index >= 15 is 0 Å². The minimum absolute atomic E-state index is 0.0245. The van der Waals surface area contributed by atoms with E-state index in [2.05, 4.69) is 10.6 Å². The minimum atomic E-state index is -5.08. The van der Waals surface area contributed by atoms with Crippen molar-refractivity contribution in [1.29, 1.82) is 0 Å². The molecule has 196 valence electrons. The lowest BCUT2D eigenvalue weighted by atomic mass is 9.53. The van der Waals surface area contributed by atoms with E-state index in [0.29, 0.717) is 17.6 Å². The maximum Gasteiger partial charge on any atom is 0.490 e. The third kappa shape index (κ3) is 4.98. The summed E-state index contributed by atoms with van der Waals surface area (Å²) >= 11 is 0. The van der Waals surface area contributed by atoms with E-state index in [1.165, 1.54) is 37.0 Å². The topological polar surface area (TPSA) is 81.6 Å². The first-order valence-corrected chi connectivity index (χ1v) is 11.7. The monoisotopic (exact) mass is 516 g/mol. The highest BCUT2D eigenvalue weighted by molar-refractivity contribution is 5.73. The molecule has 1 heterocycles. The number of aliphatic carboxylic acids is 1. The predicted molar refractivity (Wildman–Crippen MR) is 120 cm³/mol. The van der Waals surface area contributed by atoms with Gasteiger partial charge in [0, 0.05) is 11.5 Å². The zero-order valence-electron chi connectivity index (χ0n) is 19.1. The standard InChI is InChI=1S/C23H25F3N2O.C2HF3O2/c24-23(25,26)16-6-1-2-7-18(16)28-20-12-14-11-19-15-5-3-4-8-22(15,9-10-27-19)17(14)13-21(20)29;3-2(4,5)1(6)7/h1-2,6-7,12-13,15,19,27-29H,3-5,8-11H2;(H,6,7)/t15-,19+,22+;/m1./s1. The molecule has 1 aliphatic heterocycles. The van der Waals surface area contributed by atoms with E-state index in [-0.39, 0.29) is 16.9 Å². The summed E-state index contributed by atoms with van der Waals surface area (Å²) in [5.74, 6) is -2.15. The molecule has 4 N–H and O–H groups in total. The van der Waals surface area contributed by atoms with E-state index in [1.54, 1.807) is 6.07 Å². The Labute approximate surface area is 203 Å². The van der Waals surface area contributed by atoms with Gasteiger partial charge in [-0.1, -0.05) is 25.0 Å². The van der Waals surface area contributed by atoms with Crippen LogP contribution in [0.4, 0.5) is 37.7 Å². The Balaban J connectivity index is 0.000000384. The van der Waals surface area contributed by atoms with E-state index < -0.39 is 23.9 Å². The second kappa shape index (κ2) is 9.49. The molecule has 1 saturated heterocycles. The van der Waals surface area contributed by atoms with Gasteiger partial charge in [-0.3, -0.25) is 0 Å². The van der Waals surface area contributed by atoms with Crippen molar-refractivity contribution in [1.82, 2.24) is 5.32 Å². The highest BCUT2D eigenvalue weighted by atomic mass is 19.4. The van der Waals surface area contributed by atoms with Crippen LogP contribution in [-0.2, 0) is 22.8 Å². The number of hydrogen-bond acceptors (Lipinski definition) is 4. The van der Waals surface area contributed by atoms with Crippen LogP contribution < -0.4 is 10.6 Å². The zero-order chi connectivity index (χ0) is 26.3. The van der Waals surface area contributed by atoms with E-state index in [1.807, 2.05) is 12.1 Å². The molecule has 0 aromatic heterocycles. The molecule has 5 nitrogen and oxygen atoms in total. The molecule has 1 saturated carbocycles. The number of phenolic OH excluding ortho intramolecular Hbond substituents is 1. The summed E-state index contributed by atoms with van der Waals surface area (Å²) in [4.78, 5) is 8.90. The van der Waals surface area contributed by atoms with Crippen molar-refractivity contribution in [2.24, 2.45) is 5.92 Å². The smallest absolute Gasteiger partial charge is 0.490 e. The van der Waals surface area contributed by atoms with Crippen LogP contribution in [0.15, 0.2) is 36.4 Å². The molecule has 0 spiro atoms. The maximum absolute atomic E-state index is 13.4.